The summed E-state index contributed by atoms with van der Waals surface area (Å²) in [6.07, 6.45) is -2.81. The molecule has 0 saturated heterocycles. The van der Waals surface area contributed by atoms with Crippen LogP contribution in [0, 0.1) is 0 Å². The molecule has 0 N–H and O–H groups in total. The highest BCUT2D eigenvalue weighted by Crippen LogP contribution is 2.33. The van der Waals surface area contributed by atoms with E-state index >= 15 is 0 Å². The van der Waals surface area contributed by atoms with Crippen LogP contribution in [0.15, 0.2) is 18.2 Å². The van der Waals surface area contributed by atoms with Crippen LogP contribution in [0.4, 0.5) is 13.2 Å². The molecule has 0 saturated carbocycles. The Kier molecular flexibility index (Phi) is 3.58. The lowest BCUT2D eigenvalue weighted by Crippen LogP contribution is -2.03. The maximum absolute atomic E-state index is 12.5. The minimum atomic E-state index is -4.31. The lowest BCUT2D eigenvalue weighted by atomic mass is 10.2. The number of aryl methyl sites for hydroxylation is 1. The summed E-state index contributed by atoms with van der Waals surface area (Å²) in [5.74, 6) is 0.531. The van der Waals surface area contributed by atoms with Crippen LogP contribution in [-0.4, -0.2) is 10.9 Å². The first-order valence-electron chi connectivity index (χ1n) is 5.03. The van der Waals surface area contributed by atoms with Gasteiger partial charge in [-0.1, -0.05) is 0 Å². The van der Waals surface area contributed by atoms with E-state index in [0.29, 0.717) is 17.8 Å². The molecule has 0 radical (unpaired) electrons. The molecule has 92 valence electrons. The summed E-state index contributed by atoms with van der Waals surface area (Å²) in [4.78, 5) is 4.18. The molecule has 2 rings (SSSR count). The molecule has 0 unspecified atom stereocenters. The van der Waals surface area contributed by atoms with Crippen molar-refractivity contribution in [1.82, 2.24) is 4.98 Å². The number of alkyl halides is 4. The molecule has 0 atom stereocenters. The molecular weight excluding hydrogens is 271 g/mol. The Morgan fingerprint density at radius 1 is 1.29 bits per heavy atom. The van der Waals surface area contributed by atoms with Gasteiger partial charge in [-0.3, -0.25) is 0 Å². The summed E-state index contributed by atoms with van der Waals surface area (Å²) >= 11 is 6.98. The topological polar surface area (TPSA) is 12.9 Å². The van der Waals surface area contributed by atoms with E-state index in [9.17, 15) is 13.2 Å². The number of benzene rings is 1. The van der Waals surface area contributed by atoms with Gasteiger partial charge in [0.1, 0.15) is 0 Å². The highest BCUT2D eigenvalue weighted by atomic mass is 35.5. The van der Waals surface area contributed by atoms with E-state index < -0.39 is 11.7 Å². The molecule has 17 heavy (non-hydrogen) atoms. The molecule has 0 spiro atoms. The molecule has 0 aliphatic heterocycles. The Hall–Kier alpha value is -0.810. The molecular formula is C11H9ClF3NS. The van der Waals surface area contributed by atoms with Gasteiger partial charge < -0.3 is 0 Å². The van der Waals surface area contributed by atoms with Gasteiger partial charge in [-0.2, -0.15) is 13.2 Å². The van der Waals surface area contributed by atoms with Crippen molar-refractivity contribution in [2.45, 2.75) is 19.0 Å². The maximum Gasteiger partial charge on any atom is 0.416 e. The van der Waals surface area contributed by atoms with Crippen molar-refractivity contribution in [3.05, 3.63) is 28.8 Å². The van der Waals surface area contributed by atoms with Crippen LogP contribution in [0.2, 0.25) is 0 Å². The van der Waals surface area contributed by atoms with Gasteiger partial charge in [0.05, 0.1) is 20.8 Å². The standard InChI is InChI=1S/C11H9ClF3NS/c12-5-1-2-10-16-8-6-7(11(13,14)15)3-4-9(8)17-10/h3-4,6H,1-2,5H2. The third-order valence-corrected chi connectivity index (χ3v) is 3.65. The van der Waals surface area contributed by atoms with Crippen LogP contribution in [0.25, 0.3) is 10.2 Å². The SMILES string of the molecule is FC(F)(F)c1ccc2sc(CCCCl)nc2c1. The predicted molar refractivity (Wildman–Crippen MR) is 63.7 cm³/mol. The van der Waals surface area contributed by atoms with Crippen molar-refractivity contribution in [3.8, 4) is 0 Å². The van der Waals surface area contributed by atoms with Crippen molar-refractivity contribution in [3.63, 3.8) is 0 Å². The zero-order chi connectivity index (χ0) is 12.5. The molecule has 0 aliphatic rings. The Balaban J connectivity index is 2.34. The first-order valence-corrected chi connectivity index (χ1v) is 6.38. The van der Waals surface area contributed by atoms with E-state index in [1.54, 1.807) is 0 Å². The summed E-state index contributed by atoms with van der Waals surface area (Å²) in [7, 11) is 0. The minimum absolute atomic E-state index is 0.411. The lowest BCUT2D eigenvalue weighted by molar-refractivity contribution is -0.137. The fraction of sp³-hybridized carbons (Fsp3) is 0.364. The van der Waals surface area contributed by atoms with Crippen molar-refractivity contribution < 1.29 is 13.2 Å². The zero-order valence-corrected chi connectivity index (χ0v) is 10.3. The molecule has 2 aromatic rings. The van der Waals surface area contributed by atoms with E-state index in [2.05, 4.69) is 4.98 Å². The number of fused-ring (bicyclic) bond motifs is 1. The van der Waals surface area contributed by atoms with E-state index in [4.69, 9.17) is 11.6 Å². The van der Waals surface area contributed by atoms with Crippen molar-refractivity contribution in [2.24, 2.45) is 0 Å². The number of rotatable bonds is 3. The quantitative estimate of drug-likeness (QED) is 0.755. The molecule has 0 fully saturated rings. The monoisotopic (exact) mass is 279 g/mol. The van der Waals surface area contributed by atoms with E-state index in [0.717, 1.165) is 28.3 Å². The van der Waals surface area contributed by atoms with Crippen molar-refractivity contribution in [1.29, 1.82) is 0 Å². The molecule has 1 nitrogen and oxygen atoms in total. The molecule has 1 heterocycles. The Labute approximate surface area is 105 Å². The van der Waals surface area contributed by atoms with Crippen LogP contribution >= 0.6 is 22.9 Å². The number of hydrogen-bond acceptors (Lipinski definition) is 2. The average Bonchev–Trinajstić information content (AvgIpc) is 2.66. The van der Waals surface area contributed by atoms with Gasteiger partial charge in [0.25, 0.3) is 0 Å². The number of halogens is 4. The Morgan fingerprint density at radius 2 is 2.06 bits per heavy atom. The van der Waals surface area contributed by atoms with Gasteiger partial charge in [0, 0.05) is 12.3 Å². The number of aromatic nitrogens is 1. The number of hydrogen-bond donors (Lipinski definition) is 0. The third-order valence-electron chi connectivity index (χ3n) is 2.28. The summed E-state index contributed by atoms with van der Waals surface area (Å²) in [5.41, 5.74) is -0.242. The number of nitrogens with zero attached hydrogens (tertiary/aromatic N) is 1. The smallest absolute Gasteiger partial charge is 0.241 e. The largest absolute Gasteiger partial charge is 0.416 e. The highest BCUT2D eigenvalue weighted by molar-refractivity contribution is 7.18. The van der Waals surface area contributed by atoms with Gasteiger partial charge in [-0.05, 0) is 24.6 Å². The van der Waals surface area contributed by atoms with Crippen molar-refractivity contribution >= 4 is 33.2 Å². The fourth-order valence-corrected chi connectivity index (χ4v) is 2.60. The van der Waals surface area contributed by atoms with Crippen LogP contribution in [0.3, 0.4) is 0 Å². The Bertz CT molecular complexity index is 521. The van der Waals surface area contributed by atoms with Crippen LogP contribution in [0.5, 0.6) is 0 Å². The second-order valence-corrected chi connectivity index (χ2v) is 5.07. The molecule has 0 bridgehead atoms. The summed E-state index contributed by atoms with van der Waals surface area (Å²) < 4.78 is 38.2. The molecule has 1 aromatic carbocycles. The van der Waals surface area contributed by atoms with Gasteiger partial charge in [-0.25, -0.2) is 4.98 Å². The van der Waals surface area contributed by atoms with Crippen LogP contribution < -0.4 is 0 Å². The van der Waals surface area contributed by atoms with E-state index in [-0.39, 0.29) is 0 Å². The average molecular weight is 280 g/mol. The van der Waals surface area contributed by atoms with Gasteiger partial charge >= 0.3 is 6.18 Å². The van der Waals surface area contributed by atoms with Gasteiger partial charge in [0.2, 0.25) is 0 Å². The van der Waals surface area contributed by atoms with Crippen molar-refractivity contribution in [2.75, 3.05) is 5.88 Å². The van der Waals surface area contributed by atoms with Crippen LogP contribution in [0.1, 0.15) is 17.0 Å². The first-order chi connectivity index (χ1) is 8.00. The molecule has 1 aromatic heterocycles. The summed E-state index contributed by atoms with van der Waals surface area (Å²) in [6, 6.07) is 3.65. The molecule has 6 heteroatoms. The third kappa shape index (κ3) is 2.90. The second kappa shape index (κ2) is 4.82. The number of thiazole rings is 1. The molecule has 0 aliphatic carbocycles. The molecule has 0 amide bonds. The highest BCUT2D eigenvalue weighted by Gasteiger charge is 2.30. The minimum Gasteiger partial charge on any atom is -0.241 e. The first kappa shape index (κ1) is 12.6. The van der Waals surface area contributed by atoms with Crippen LogP contribution in [-0.2, 0) is 12.6 Å². The van der Waals surface area contributed by atoms with E-state index in [1.807, 2.05) is 0 Å². The maximum atomic E-state index is 12.5. The summed E-state index contributed by atoms with van der Waals surface area (Å²) in [6.45, 7) is 0. The normalized spacial score (nSPS) is 12.2. The summed E-state index contributed by atoms with van der Waals surface area (Å²) in [5, 5.41) is 0.833. The Morgan fingerprint density at radius 3 is 2.71 bits per heavy atom. The fourth-order valence-electron chi connectivity index (χ4n) is 1.48. The predicted octanol–water partition coefficient (Wildman–Crippen LogP) is 4.49. The van der Waals surface area contributed by atoms with Gasteiger partial charge in [0.15, 0.2) is 0 Å². The zero-order valence-electron chi connectivity index (χ0n) is 8.72. The van der Waals surface area contributed by atoms with Gasteiger partial charge in [-0.15, -0.1) is 22.9 Å². The lowest BCUT2D eigenvalue weighted by Gasteiger charge is -2.04. The second-order valence-electron chi connectivity index (χ2n) is 3.58. The van der Waals surface area contributed by atoms with E-state index in [1.165, 1.54) is 17.4 Å².